The number of benzene rings is 2. The van der Waals surface area contributed by atoms with Gasteiger partial charge < -0.3 is 15.7 Å². The number of amides is 2. The second-order valence-electron chi connectivity index (χ2n) is 5.83. The molecule has 0 heterocycles. The van der Waals surface area contributed by atoms with E-state index in [1.807, 2.05) is 30.3 Å². The van der Waals surface area contributed by atoms with Gasteiger partial charge in [-0.15, -0.1) is 0 Å². The molecule has 2 aromatic rings. The minimum atomic E-state index is -4.54. The van der Waals surface area contributed by atoms with Crippen LogP contribution in [0.15, 0.2) is 54.6 Å². The lowest BCUT2D eigenvalue weighted by Gasteiger charge is -2.17. The number of hydrogen-bond acceptors (Lipinski definition) is 2. The monoisotopic (exact) mass is 366 g/mol. The average molecular weight is 366 g/mol. The highest BCUT2D eigenvalue weighted by molar-refractivity contribution is 5.90. The van der Waals surface area contributed by atoms with Crippen molar-refractivity contribution in [3.05, 3.63) is 65.7 Å². The molecule has 1 unspecified atom stereocenters. The van der Waals surface area contributed by atoms with Crippen LogP contribution in [0.5, 0.6) is 0 Å². The zero-order valence-corrected chi connectivity index (χ0v) is 14.1. The van der Waals surface area contributed by atoms with E-state index in [0.717, 1.165) is 11.6 Å². The molecule has 2 amide bonds. The molecule has 0 radical (unpaired) electrons. The molecule has 26 heavy (non-hydrogen) atoms. The number of halogens is 3. The molecule has 2 aromatic carbocycles. The predicted octanol–water partition coefficient (Wildman–Crippen LogP) is 4.38. The van der Waals surface area contributed by atoms with Crippen molar-refractivity contribution >= 4 is 11.7 Å². The lowest BCUT2D eigenvalue weighted by atomic mass is 9.93. The van der Waals surface area contributed by atoms with Gasteiger partial charge in [0.05, 0.1) is 11.3 Å². The SMILES string of the molecule is O=C(NCCC(CCO)c1ccccc1)Nc1ccccc1C(F)(F)F. The molecule has 1 atom stereocenters. The van der Waals surface area contributed by atoms with Crippen LogP contribution in [0.1, 0.15) is 29.9 Å². The molecule has 140 valence electrons. The van der Waals surface area contributed by atoms with Gasteiger partial charge in [-0.2, -0.15) is 13.2 Å². The summed E-state index contributed by atoms with van der Waals surface area (Å²) in [5.41, 5.74) is -0.128. The van der Waals surface area contributed by atoms with Crippen LogP contribution in [-0.4, -0.2) is 24.3 Å². The second-order valence-corrected chi connectivity index (χ2v) is 5.83. The van der Waals surface area contributed by atoms with Gasteiger partial charge in [-0.1, -0.05) is 42.5 Å². The summed E-state index contributed by atoms with van der Waals surface area (Å²) in [7, 11) is 0. The molecular weight excluding hydrogens is 345 g/mol. The van der Waals surface area contributed by atoms with Crippen molar-refractivity contribution in [2.75, 3.05) is 18.5 Å². The summed E-state index contributed by atoms with van der Waals surface area (Å²) in [4.78, 5) is 11.9. The number of urea groups is 1. The third-order valence-corrected chi connectivity index (χ3v) is 4.01. The molecule has 2 rings (SSSR count). The highest BCUT2D eigenvalue weighted by atomic mass is 19.4. The van der Waals surface area contributed by atoms with Gasteiger partial charge in [-0.05, 0) is 36.5 Å². The molecule has 0 saturated heterocycles. The maximum absolute atomic E-state index is 12.9. The van der Waals surface area contributed by atoms with E-state index >= 15 is 0 Å². The number of anilines is 1. The molecular formula is C19H21F3N2O2. The first-order chi connectivity index (χ1) is 12.4. The van der Waals surface area contributed by atoms with Crippen molar-refractivity contribution in [3.63, 3.8) is 0 Å². The fourth-order valence-electron chi connectivity index (χ4n) is 2.72. The standard InChI is InChI=1S/C19H21F3N2O2/c20-19(21,22)16-8-4-5-9-17(16)24-18(26)23-12-10-15(11-13-25)14-6-2-1-3-7-14/h1-9,15,25H,10-13H2,(H2,23,24,26). The predicted molar refractivity (Wildman–Crippen MR) is 94.0 cm³/mol. The van der Waals surface area contributed by atoms with Gasteiger partial charge in [0.2, 0.25) is 0 Å². The first-order valence-electron chi connectivity index (χ1n) is 8.28. The van der Waals surface area contributed by atoms with Crippen LogP contribution in [-0.2, 0) is 6.18 Å². The van der Waals surface area contributed by atoms with Gasteiger partial charge in [0.25, 0.3) is 0 Å². The number of rotatable bonds is 7. The number of aliphatic hydroxyl groups excluding tert-OH is 1. The van der Waals surface area contributed by atoms with Crippen LogP contribution in [0, 0.1) is 0 Å². The average Bonchev–Trinajstić information content (AvgIpc) is 2.61. The van der Waals surface area contributed by atoms with Gasteiger partial charge in [-0.3, -0.25) is 0 Å². The zero-order chi connectivity index (χ0) is 19.0. The first kappa shape index (κ1) is 19.8. The minimum absolute atomic E-state index is 0.0186. The van der Waals surface area contributed by atoms with Crippen molar-refractivity contribution in [1.29, 1.82) is 0 Å². The van der Waals surface area contributed by atoms with E-state index in [-0.39, 0.29) is 24.8 Å². The molecule has 0 saturated carbocycles. The van der Waals surface area contributed by atoms with Crippen molar-refractivity contribution in [3.8, 4) is 0 Å². The number of nitrogens with one attached hydrogen (secondary N) is 2. The Labute approximate surface area is 150 Å². The van der Waals surface area contributed by atoms with Gasteiger partial charge in [-0.25, -0.2) is 4.79 Å². The number of alkyl halides is 3. The number of hydrogen-bond donors (Lipinski definition) is 3. The fourth-order valence-corrected chi connectivity index (χ4v) is 2.72. The highest BCUT2D eigenvalue weighted by Crippen LogP contribution is 2.34. The van der Waals surface area contributed by atoms with Crippen LogP contribution in [0.2, 0.25) is 0 Å². The van der Waals surface area contributed by atoms with E-state index in [1.165, 1.54) is 18.2 Å². The summed E-state index contributed by atoms with van der Waals surface area (Å²) in [6.07, 6.45) is -3.42. The number of carbonyl (C=O) groups is 1. The van der Waals surface area contributed by atoms with Gasteiger partial charge >= 0.3 is 12.2 Å². The summed E-state index contributed by atoms with van der Waals surface area (Å²) < 4.78 is 38.8. The molecule has 0 aliphatic rings. The normalized spacial score (nSPS) is 12.5. The molecule has 7 heteroatoms. The number of para-hydroxylation sites is 1. The maximum atomic E-state index is 12.9. The van der Waals surface area contributed by atoms with E-state index in [0.29, 0.717) is 12.8 Å². The lowest BCUT2D eigenvalue weighted by Crippen LogP contribution is -2.31. The van der Waals surface area contributed by atoms with Crippen molar-refractivity contribution in [1.82, 2.24) is 5.32 Å². The summed E-state index contributed by atoms with van der Waals surface area (Å²) in [6, 6.07) is 13.7. The number of carbonyl (C=O) groups excluding carboxylic acids is 1. The quantitative estimate of drug-likeness (QED) is 0.681. The number of aliphatic hydroxyl groups is 1. The molecule has 0 bridgehead atoms. The van der Waals surface area contributed by atoms with Crippen LogP contribution in [0.4, 0.5) is 23.7 Å². The highest BCUT2D eigenvalue weighted by Gasteiger charge is 2.33. The lowest BCUT2D eigenvalue weighted by molar-refractivity contribution is -0.136. The first-order valence-corrected chi connectivity index (χ1v) is 8.28. The maximum Gasteiger partial charge on any atom is 0.418 e. The molecule has 0 spiro atoms. The topological polar surface area (TPSA) is 61.4 Å². The second kappa shape index (κ2) is 9.24. The van der Waals surface area contributed by atoms with Crippen molar-refractivity contribution < 1.29 is 23.1 Å². The Morgan fingerprint density at radius 1 is 1.00 bits per heavy atom. The summed E-state index contributed by atoms with van der Waals surface area (Å²) in [5, 5.41) is 14.0. The minimum Gasteiger partial charge on any atom is -0.396 e. The molecule has 0 aromatic heterocycles. The Kier molecular flexibility index (Phi) is 7.03. The Bertz CT molecular complexity index is 705. The van der Waals surface area contributed by atoms with Crippen molar-refractivity contribution in [2.45, 2.75) is 24.9 Å². The van der Waals surface area contributed by atoms with E-state index in [4.69, 9.17) is 0 Å². The molecule has 0 aliphatic heterocycles. The van der Waals surface area contributed by atoms with E-state index < -0.39 is 17.8 Å². The van der Waals surface area contributed by atoms with Crippen LogP contribution in [0.3, 0.4) is 0 Å². The van der Waals surface area contributed by atoms with Crippen LogP contribution < -0.4 is 10.6 Å². The van der Waals surface area contributed by atoms with Crippen LogP contribution in [0.25, 0.3) is 0 Å². The van der Waals surface area contributed by atoms with E-state index in [1.54, 1.807) is 0 Å². The molecule has 3 N–H and O–H groups in total. The third kappa shape index (κ3) is 5.77. The Hall–Kier alpha value is -2.54. The largest absolute Gasteiger partial charge is 0.418 e. The molecule has 0 fully saturated rings. The Morgan fingerprint density at radius 3 is 2.31 bits per heavy atom. The summed E-state index contributed by atoms with van der Waals surface area (Å²) in [5.74, 6) is 0.0592. The molecule has 0 aliphatic carbocycles. The Balaban J connectivity index is 1.91. The fraction of sp³-hybridized carbons (Fsp3) is 0.316. The summed E-state index contributed by atoms with van der Waals surface area (Å²) in [6.45, 7) is 0.296. The smallest absolute Gasteiger partial charge is 0.396 e. The van der Waals surface area contributed by atoms with E-state index in [9.17, 15) is 23.1 Å². The van der Waals surface area contributed by atoms with Gasteiger partial charge in [0, 0.05) is 13.2 Å². The van der Waals surface area contributed by atoms with Crippen LogP contribution >= 0.6 is 0 Å². The molecule has 4 nitrogen and oxygen atoms in total. The Morgan fingerprint density at radius 2 is 1.65 bits per heavy atom. The summed E-state index contributed by atoms with van der Waals surface area (Å²) >= 11 is 0. The van der Waals surface area contributed by atoms with Crippen molar-refractivity contribution in [2.24, 2.45) is 0 Å². The van der Waals surface area contributed by atoms with Gasteiger partial charge in [0.15, 0.2) is 0 Å². The van der Waals surface area contributed by atoms with Gasteiger partial charge in [0.1, 0.15) is 0 Å². The van der Waals surface area contributed by atoms with E-state index in [2.05, 4.69) is 10.6 Å². The zero-order valence-electron chi connectivity index (χ0n) is 14.1. The third-order valence-electron chi connectivity index (χ3n) is 4.01.